The van der Waals surface area contributed by atoms with Gasteiger partial charge in [-0.2, -0.15) is 0 Å². The van der Waals surface area contributed by atoms with Crippen molar-refractivity contribution in [3.05, 3.63) is 40.1 Å². The van der Waals surface area contributed by atoms with Crippen LogP contribution in [0.4, 0.5) is 4.79 Å². The molecule has 4 rings (SSSR count). The Morgan fingerprint density at radius 3 is 2.33 bits per heavy atom. The van der Waals surface area contributed by atoms with E-state index in [1.807, 2.05) is 30.9 Å². The van der Waals surface area contributed by atoms with Crippen LogP contribution in [0.2, 0.25) is 0 Å². The Labute approximate surface area is 178 Å². The minimum atomic E-state index is -0.240. The molecule has 0 atom stereocenters. The summed E-state index contributed by atoms with van der Waals surface area (Å²) >= 11 is 0. The third-order valence-corrected chi connectivity index (χ3v) is 6.71. The van der Waals surface area contributed by atoms with Crippen molar-refractivity contribution in [3.8, 4) is 11.8 Å². The zero-order valence-corrected chi connectivity index (χ0v) is 18.1. The molecule has 3 aliphatic rings. The van der Waals surface area contributed by atoms with E-state index in [1.165, 1.54) is 0 Å². The van der Waals surface area contributed by atoms with Crippen LogP contribution in [-0.2, 0) is 4.79 Å². The molecule has 1 aliphatic heterocycles. The van der Waals surface area contributed by atoms with Gasteiger partial charge in [0.2, 0.25) is 0 Å². The van der Waals surface area contributed by atoms with E-state index in [2.05, 4.69) is 17.2 Å². The number of aliphatic hydroxyl groups is 1. The number of aliphatic hydroxyl groups excluding tert-OH is 1. The fourth-order valence-corrected chi connectivity index (χ4v) is 4.99. The number of hydrogen-bond acceptors (Lipinski definition) is 3. The highest BCUT2D eigenvalue weighted by molar-refractivity contribution is 6.23. The number of nitrogens with one attached hydrogen (secondary N) is 1. The first kappa shape index (κ1) is 20.5. The summed E-state index contributed by atoms with van der Waals surface area (Å²) in [6.07, 6.45) is 4.57. The maximum absolute atomic E-state index is 13.2. The lowest BCUT2D eigenvalue weighted by Gasteiger charge is -2.43. The summed E-state index contributed by atoms with van der Waals surface area (Å²) < 4.78 is 0. The van der Waals surface area contributed by atoms with Crippen LogP contribution >= 0.6 is 0 Å². The second-order valence-corrected chi connectivity index (χ2v) is 9.17. The average Bonchev–Trinajstić information content (AvgIpc) is 3.48. The van der Waals surface area contributed by atoms with Crippen LogP contribution in [-0.4, -0.2) is 41.0 Å². The Morgan fingerprint density at radius 1 is 1.17 bits per heavy atom. The molecule has 2 N–H and O–H groups in total. The summed E-state index contributed by atoms with van der Waals surface area (Å²) in [5.41, 5.74) is 3.93. The van der Waals surface area contributed by atoms with Gasteiger partial charge in [-0.05, 0) is 80.7 Å². The third-order valence-electron chi connectivity index (χ3n) is 6.71. The predicted molar refractivity (Wildman–Crippen MR) is 117 cm³/mol. The molecule has 0 unspecified atom stereocenters. The molecule has 5 heteroatoms. The number of benzene rings is 1. The second-order valence-electron chi connectivity index (χ2n) is 9.17. The van der Waals surface area contributed by atoms with Gasteiger partial charge in [0, 0.05) is 37.5 Å². The average molecular weight is 407 g/mol. The number of carbonyl (C=O) groups is 2. The number of nitrogens with zero attached hydrogens (tertiary/aromatic N) is 1. The zero-order valence-electron chi connectivity index (χ0n) is 18.1. The Kier molecular flexibility index (Phi) is 5.36. The standard InChI is InChI=1S/C25H30N2O3/c1-4-5-18-12-16(2)22(17(3)13-18)23-20(28)14-25(15-21(23)29)8-10-27(11-9-25)24(30)26-19-6-7-19/h12-13,19,28H,6-11,14-15H2,1-3H3,(H,26,30). The van der Waals surface area contributed by atoms with Gasteiger partial charge in [-0.15, -0.1) is 5.92 Å². The van der Waals surface area contributed by atoms with Gasteiger partial charge in [-0.1, -0.05) is 5.92 Å². The molecular weight excluding hydrogens is 376 g/mol. The smallest absolute Gasteiger partial charge is 0.317 e. The largest absolute Gasteiger partial charge is 0.512 e. The highest BCUT2D eigenvalue weighted by Crippen LogP contribution is 2.47. The number of piperidine rings is 1. The number of Topliss-reactive ketones (excluding diaryl/α,β-unsaturated/α-hetero) is 1. The van der Waals surface area contributed by atoms with E-state index in [0.717, 1.165) is 47.9 Å². The maximum atomic E-state index is 13.2. The van der Waals surface area contributed by atoms with Gasteiger partial charge < -0.3 is 15.3 Å². The van der Waals surface area contributed by atoms with Crippen LogP contribution in [0.1, 0.15) is 67.7 Å². The van der Waals surface area contributed by atoms with Crippen molar-refractivity contribution in [3.63, 3.8) is 0 Å². The first-order valence-electron chi connectivity index (χ1n) is 10.9. The highest BCUT2D eigenvalue weighted by atomic mass is 16.3. The van der Waals surface area contributed by atoms with Crippen LogP contribution in [0.3, 0.4) is 0 Å². The van der Waals surface area contributed by atoms with Gasteiger partial charge in [-0.25, -0.2) is 4.79 Å². The second kappa shape index (κ2) is 7.83. The lowest BCUT2D eigenvalue weighted by Crippen LogP contribution is -2.49. The Balaban J connectivity index is 1.54. The monoisotopic (exact) mass is 406 g/mol. The first-order chi connectivity index (χ1) is 14.3. The van der Waals surface area contributed by atoms with E-state index in [4.69, 9.17) is 0 Å². The Morgan fingerprint density at radius 2 is 1.80 bits per heavy atom. The van der Waals surface area contributed by atoms with Crippen molar-refractivity contribution >= 4 is 17.4 Å². The summed E-state index contributed by atoms with van der Waals surface area (Å²) in [6.45, 7) is 7.02. The van der Waals surface area contributed by atoms with Crippen molar-refractivity contribution in [1.82, 2.24) is 10.2 Å². The van der Waals surface area contributed by atoms with E-state index in [0.29, 0.717) is 37.5 Å². The van der Waals surface area contributed by atoms with E-state index < -0.39 is 0 Å². The number of ketones is 1. The first-order valence-corrected chi connectivity index (χ1v) is 10.9. The lowest BCUT2D eigenvalue weighted by molar-refractivity contribution is -0.117. The highest BCUT2D eigenvalue weighted by Gasteiger charge is 2.44. The number of carbonyl (C=O) groups excluding carboxylic acids is 2. The molecule has 1 aromatic carbocycles. The van der Waals surface area contributed by atoms with Crippen molar-refractivity contribution in [2.45, 2.75) is 65.3 Å². The minimum Gasteiger partial charge on any atom is -0.512 e. The van der Waals surface area contributed by atoms with Crippen LogP contribution in [0.5, 0.6) is 0 Å². The van der Waals surface area contributed by atoms with Gasteiger partial charge in [0.05, 0.1) is 5.57 Å². The fourth-order valence-electron chi connectivity index (χ4n) is 4.99. The van der Waals surface area contributed by atoms with Crippen LogP contribution in [0.25, 0.3) is 5.57 Å². The van der Waals surface area contributed by atoms with Crippen molar-refractivity contribution in [2.24, 2.45) is 5.41 Å². The summed E-state index contributed by atoms with van der Waals surface area (Å²) in [6, 6.07) is 4.32. The fraction of sp³-hybridized carbons (Fsp3) is 0.520. The molecule has 0 radical (unpaired) electrons. The maximum Gasteiger partial charge on any atom is 0.317 e. The molecule has 2 aliphatic carbocycles. The molecule has 2 amide bonds. The predicted octanol–water partition coefficient (Wildman–Crippen LogP) is 4.26. The summed E-state index contributed by atoms with van der Waals surface area (Å²) in [5.74, 6) is 6.18. The number of rotatable bonds is 2. The van der Waals surface area contributed by atoms with E-state index in [-0.39, 0.29) is 23.0 Å². The van der Waals surface area contributed by atoms with Crippen LogP contribution < -0.4 is 5.32 Å². The van der Waals surface area contributed by atoms with Gasteiger partial charge >= 0.3 is 6.03 Å². The van der Waals surface area contributed by atoms with Crippen molar-refractivity contribution in [1.29, 1.82) is 0 Å². The molecule has 1 saturated heterocycles. The third kappa shape index (κ3) is 3.96. The van der Waals surface area contributed by atoms with Crippen LogP contribution in [0.15, 0.2) is 17.9 Å². The van der Waals surface area contributed by atoms with Crippen molar-refractivity contribution in [2.75, 3.05) is 13.1 Å². The number of hydrogen-bond donors (Lipinski definition) is 2. The van der Waals surface area contributed by atoms with Gasteiger partial charge in [-0.3, -0.25) is 4.79 Å². The Hall–Kier alpha value is -2.74. The van der Waals surface area contributed by atoms with Gasteiger partial charge in [0.1, 0.15) is 5.76 Å². The lowest BCUT2D eigenvalue weighted by atomic mass is 9.66. The van der Waals surface area contributed by atoms with E-state index in [9.17, 15) is 14.7 Å². The van der Waals surface area contributed by atoms with Gasteiger partial charge in [0.25, 0.3) is 0 Å². The molecule has 1 saturated carbocycles. The quantitative estimate of drug-likeness (QED) is 0.721. The van der Waals surface area contributed by atoms with E-state index in [1.54, 1.807) is 6.92 Å². The normalized spacial score (nSPS) is 20.8. The number of amides is 2. The number of likely N-dealkylation sites (tertiary alicyclic amines) is 1. The minimum absolute atomic E-state index is 0.00941. The number of aryl methyl sites for hydroxylation is 2. The van der Waals surface area contributed by atoms with Crippen molar-refractivity contribution < 1.29 is 14.7 Å². The molecule has 0 bridgehead atoms. The molecular formula is C25H30N2O3. The van der Waals surface area contributed by atoms with Crippen LogP contribution in [0, 0.1) is 31.1 Å². The molecule has 30 heavy (non-hydrogen) atoms. The molecule has 1 aromatic rings. The summed E-state index contributed by atoms with van der Waals surface area (Å²) in [4.78, 5) is 27.4. The molecule has 1 heterocycles. The Bertz CT molecular complexity index is 960. The molecule has 1 spiro atoms. The number of urea groups is 1. The molecule has 158 valence electrons. The summed E-state index contributed by atoms with van der Waals surface area (Å²) in [7, 11) is 0. The molecule has 2 fully saturated rings. The SMILES string of the molecule is CC#Cc1cc(C)c(C2=C(O)CC3(CCN(C(=O)NC4CC4)CC3)CC2=O)c(C)c1. The van der Waals surface area contributed by atoms with Gasteiger partial charge in [0.15, 0.2) is 5.78 Å². The summed E-state index contributed by atoms with van der Waals surface area (Å²) in [5, 5.41) is 14.0. The zero-order chi connectivity index (χ0) is 21.5. The molecule has 0 aromatic heterocycles. The molecule has 5 nitrogen and oxygen atoms in total. The topological polar surface area (TPSA) is 69.6 Å². The number of allylic oxidation sites excluding steroid dienone is 2. The van der Waals surface area contributed by atoms with E-state index >= 15 is 0 Å².